The first-order valence-corrected chi connectivity index (χ1v) is 7.16. The Balaban J connectivity index is 2.87. The smallest absolute Gasteiger partial charge is 0.239 e. The van der Waals surface area contributed by atoms with E-state index in [4.69, 9.17) is 5.84 Å². The fourth-order valence-corrected chi connectivity index (χ4v) is 2.00. The Kier molecular flexibility index (Phi) is 6.36. The van der Waals surface area contributed by atoms with Crippen molar-refractivity contribution in [2.75, 3.05) is 30.5 Å². The molecular weight excluding hydrogens is 268 g/mol. The number of nitrogens with zero attached hydrogens (tertiary/aromatic N) is 3. The molecule has 1 heterocycles. The molecule has 4 N–H and O–H groups in total. The summed E-state index contributed by atoms with van der Waals surface area (Å²) in [6.07, 6.45) is 1.44. The van der Waals surface area contributed by atoms with E-state index >= 15 is 0 Å². The van der Waals surface area contributed by atoms with Crippen LogP contribution in [0.5, 0.6) is 0 Å². The summed E-state index contributed by atoms with van der Waals surface area (Å²) in [5, 5.41) is 2.90. The topological polar surface area (TPSA) is 96.2 Å². The molecule has 0 aliphatic carbocycles. The van der Waals surface area contributed by atoms with Gasteiger partial charge < -0.3 is 15.6 Å². The second-order valence-electron chi connectivity index (χ2n) is 5.81. The molecule has 1 aromatic heterocycles. The van der Waals surface area contributed by atoms with Crippen LogP contribution >= 0.6 is 0 Å². The number of hydrogen-bond donors (Lipinski definition) is 3. The van der Waals surface area contributed by atoms with Crippen LogP contribution in [0.25, 0.3) is 0 Å². The third kappa shape index (κ3) is 4.86. The monoisotopic (exact) mass is 294 g/mol. The number of anilines is 2. The standard InChI is InChI=1S/C14H26N6O/c1-9(2)6-16-11(21)7-20(5)14-12(10(3)4)13(19-15)17-8-18-14/h8-10H,6-7,15H2,1-5H3,(H,16,21)(H,17,18,19). The van der Waals surface area contributed by atoms with Gasteiger partial charge in [-0.25, -0.2) is 15.8 Å². The molecule has 0 spiro atoms. The van der Waals surface area contributed by atoms with Crippen molar-refractivity contribution in [1.82, 2.24) is 15.3 Å². The van der Waals surface area contributed by atoms with Gasteiger partial charge in [0.25, 0.3) is 0 Å². The van der Waals surface area contributed by atoms with Gasteiger partial charge in [0, 0.05) is 19.2 Å². The van der Waals surface area contributed by atoms with Crippen LogP contribution in [0.3, 0.4) is 0 Å². The number of nitrogens with two attached hydrogens (primary N) is 1. The number of nitrogen functional groups attached to an aromatic ring is 1. The van der Waals surface area contributed by atoms with Crippen LogP contribution in [0.2, 0.25) is 0 Å². The van der Waals surface area contributed by atoms with E-state index in [0.717, 1.165) is 5.56 Å². The normalized spacial score (nSPS) is 10.9. The zero-order valence-corrected chi connectivity index (χ0v) is 13.5. The quantitative estimate of drug-likeness (QED) is 0.514. The molecular formula is C14H26N6O. The summed E-state index contributed by atoms with van der Waals surface area (Å²) in [5.41, 5.74) is 3.49. The molecule has 1 rings (SSSR count). The van der Waals surface area contributed by atoms with Crippen molar-refractivity contribution in [3.05, 3.63) is 11.9 Å². The molecule has 7 heteroatoms. The van der Waals surface area contributed by atoms with E-state index in [-0.39, 0.29) is 18.4 Å². The summed E-state index contributed by atoms with van der Waals surface area (Å²) in [5.74, 6) is 7.40. The van der Waals surface area contributed by atoms with Crippen molar-refractivity contribution in [3.63, 3.8) is 0 Å². The van der Waals surface area contributed by atoms with E-state index < -0.39 is 0 Å². The number of amides is 1. The maximum atomic E-state index is 11.9. The molecule has 0 aliphatic rings. The zero-order valence-electron chi connectivity index (χ0n) is 13.5. The predicted octanol–water partition coefficient (Wildman–Crippen LogP) is 1.09. The average molecular weight is 294 g/mol. The number of likely N-dealkylation sites (N-methyl/N-ethyl adjacent to an activating group) is 1. The fraction of sp³-hybridized carbons (Fsp3) is 0.643. The summed E-state index contributed by atoms with van der Waals surface area (Å²) in [6.45, 7) is 9.11. The predicted molar refractivity (Wildman–Crippen MR) is 85.0 cm³/mol. The molecule has 0 aromatic carbocycles. The minimum atomic E-state index is -0.0261. The number of hydrazine groups is 1. The lowest BCUT2D eigenvalue weighted by molar-refractivity contribution is -0.119. The highest BCUT2D eigenvalue weighted by molar-refractivity contribution is 5.81. The molecule has 7 nitrogen and oxygen atoms in total. The Hall–Kier alpha value is -1.89. The summed E-state index contributed by atoms with van der Waals surface area (Å²) >= 11 is 0. The number of nitrogens with one attached hydrogen (secondary N) is 2. The van der Waals surface area contributed by atoms with Crippen molar-refractivity contribution >= 4 is 17.5 Å². The highest BCUT2D eigenvalue weighted by Gasteiger charge is 2.18. The van der Waals surface area contributed by atoms with Gasteiger partial charge in [-0.1, -0.05) is 27.7 Å². The first-order chi connectivity index (χ1) is 9.86. The minimum absolute atomic E-state index is 0.0261. The van der Waals surface area contributed by atoms with Crippen LogP contribution in [-0.4, -0.2) is 36.0 Å². The summed E-state index contributed by atoms with van der Waals surface area (Å²) in [6, 6.07) is 0. The molecule has 0 fully saturated rings. The molecule has 0 unspecified atom stereocenters. The van der Waals surface area contributed by atoms with Gasteiger partial charge in [-0.15, -0.1) is 0 Å². The molecule has 0 atom stereocenters. The molecule has 0 bridgehead atoms. The first-order valence-electron chi connectivity index (χ1n) is 7.16. The van der Waals surface area contributed by atoms with Crippen LogP contribution in [0.15, 0.2) is 6.33 Å². The lowest BCUT2D eigenvalue weighted by atomic mass is 10.0. The van der Waals surface area contributed by atoms with Gasteiger partial charge in [-0.3, -0.25) is 4.79 Å². The number of hydrogen-bond acceptors (Lipinski definition) is 6. The Bertz CT molecular complexity index is 475. The fourth-order valence-electron chi connectivity index (χ4n) is 2.00. The summed E-state index contributed by atoms with van der Waals surface area (Å²) in [7, 11) is 1.84. The van der Waals surface area contributed by atoms with Crippen molar-refractivity contribution < 1.29 is 4.79 Å². The van der Waals surface area contributed by atoms with Crippen molar-refractivity contribution in [2.45, 2.75) is 33.6 Å². The van der Waals surface area contributed by atoms with Crippen LogP contribution < -0.4 is 21.5 Å². The molecule has 1 amide bonds. The molecule has 118 valence electrons. The second-order valence-corrected chi connectivity index (χ2v) is 5.81. The highest BCUT2D eigenvalue weighted by Crippen LogP contribution is 2.29. The Morgan fingerprint density at radius 2 is 2.00 bits per heavy atom. The summed E-state index contributed by atoms with van der Waals surface area (Å²) < 4.78 is 0. The maximum Gasteiger partial charge on any atom is 0.239 e. The maximum absolute atomic E-state index is 11.9. The lowest BCUT2D eigenvalue weighted by Crippen LogP contribution is -2.37. The van der Waals surface area contributed by atoms with Crippen molar-refractivity contribution in [3.8, 4) is 0 Å². The third-order valence-corrected chi connectivity index (χ3v) is 3.03. The Labute approximate surface area is 126 Å². The first kappa shape index (κ1) is 17.2. The number of aromatic nitrogens is 2. The van der Waals surface area contributed by atoms with Crippen molar-refractivity contribution in [1.29, 1.82) is 0 Å². The van der Waals surface area contributed by atoms with Gasteiger partial charge in [0.05, 0.1) is 6.54 Å². The van der Waals surface area contributed by atoms with Crippen LogP contribution in [0.1, 0.15) is 39.2 Å². The van der Waals surface area contributed by atoms with Crippen LogP contribution in [-0.2, 0) is 4.79 Å². The van der Waals surface area contributed by atoms with Gasteiger partial charge in [0.15, 0.2) is 0 Å². The molecule has 1 aromatic rings. The van der Waals surface area contributed by atoms with E-state index in [1.165, 1.54) is 6.33 Å². The second kappa shape index (κ2) is 7.78. The van der Waals surface area contributed by atoms with E-state index in [1.807, 2.05) is 25.8 Å². The molecule has 0 aliphatic heterocycles. The zero-order chi connectivity index (χ0) is 16.0. The van der Waals surface area contributed by atoms with E-state index in [1.54, 1.807) is 0 Å². The van der Waals surface area contributed by atoms with E-state index in [0.29, 0.717) is 24.1 Å². The third-order valence-electron chi connectivity index (χ3n) is 3.03. The van der Waals surface area contributed by atoms with Gasteiger partial charge in [-0.2, -0.15) is 0 Å². The number of carbonyl (C=O) groups is 1. The van der Waals surface area contributed by atoms with E-state index in [2.05, 4.69) is 34.6 Å². The molecule has 0 radical (unpaired) electrons. The van der Waals surface area contributed by atoms with Crippen LogP contribution in [0, 0.1) is 5.92 Å². The minimum Gasteiger partial charge on any atom is -0.354 e. The van der Waals surface area contributed by atoms with Crippen LogP contribution in [0.4, 0.5) is 11.6 Å². The molecule has 21 heavy (non-hydrogen) atoms. The molecule has 0 saturated heterocycles. The van der Waals surface area contributed by atoms with Gasteiger partial charge in [0.2, 0.25) is 5.91 Å². The molecule has 0 saturated carbocycles. The van der Waals surface area contributed by atoms with E-state index in [9.17, 15) is 4.79 Å². The van der Waals surface area contributed by atoms with Crippen molar-refractivity contribution in [2.24, 2.45) is 11.8 Å². The van der Waals surface area contributed by atoms with Gasteiger partial charge in [0.1, 0.15) is 18.0 Å². The largest absolute Gasteiger partial charge is 0.354 e. The average Bonchev–Trinajstić information content (AvgIpc) is 2.43. The SMILES string of the molecule is CC(C)CNC(=O)CN(C)c1ncnc(NN)c1C(C)C. The lowest BCUT2D eigenvalue weighted by Gasteiger charge is -2.23. The number of carbonyl (C=O) groups excluding carboxylic acids is 1. The Morgan fingerprint density at radius 3 is 2.52 bits per heavy atom. The van der Waals surface area contributed by atoms with Gasteiger partial charge in [-0.05, 0) is 11.8 Å². The van der Waals surface area contributed by atoms with Gasteiger partial charge >= 0.3 is 0 Å². The number of rotatable bonds is 7. The summed E-state index contributed by atoms with van der Waals surface area (Å²) in [4.78, 5) is 22.2. The highest BCUT2D eigenvalue weighted by atomic mass is 16.2. The Morgan fingerprint density at radius 1 is 1.33 bits per heavy atom.